The highest BCUT2D eigenvalue weighted by molar-refractivity contribution is 7.16. The van der Waals surface area contributed by atoms with Gasteiger partial charge < -0.3 is 15.5 Å². The molecule has 2 aliphatic rings. The molecule has 2 aliphatic heterocycles. The lowest BCUT2D eigenvalue weighted by Gasteiger charge is -2.32. The normalized spacial score (nSPS) is 19.9. The number of aromatic nitrogens is 2. The van der Waals surface area contributed by atoms with Crippen molar-refractivity contribution in [2.24, 2.45) is 5.73 Å². The van der Waals surface area contributed by atoms with E-state index in [0.29, 0.717) is 22.7 Å². The summed E-state index contributed by atoms with van der Waals surface area (Å²) in [6.45, 7) is -0.473. The molecule has 2 aromatic carbocycles. The molecule has 0 aliphatic carbocycles. The predicted octanol–water partition coefficient (Wildman–Crippen LogP) is 14.0. The van der Waals surface area contributed by atoms with E-state index in [0.717, 1.165) is 24.3 Å². The number of aryl methyl sites for hydroxylation is 1. The maximum atomic E-state index is 14.3. The molecule has 0 bridgehead atoms. The fourth-order valence-electron chi connectivity index (χ4n) is 7.00. The van der Waals surface area contributed by atoms with E-state index in [4.69, 9.17) is 75.3 Å². The molecule has 6 nitrogen and oxygen atoms in total. The lowest BCUT2D eigenvalue weighted by atomic mass is 9.79. The van der Waals surface area contributed by atoms with Crippen LogP contribution in [-0.4, -0.2) is 54.3 Å². The van der Waals surface area contributed by atoms with Crippen LogP contribution < -0.4 is 15.5 Å². The van der Waals surface area contributed by atoms with Crippen LogP contribution in [0.1, 0.15) is 64.9 Å². The number of nitrogens with two attached hydrogens (primary N) is 1. The van der Waals surface area contributed by atoms with Gasteiger partial charge in [0.15, 0.2) is 21.7 Å². The van der Waals surface area contributed by atoms with Crippen molar-refractivity contribution in [1.29, 1.82) is 0 Å². The zero-order valence-electron chi connectivity index (χ0n) is 31.3. The second-order valence-corrected chi connectivity index (χ2v) is 18.6. The Labute approximate surface area is 383 Å². The minimum Gasteiger partial charge on any atom is -0.347 e. The summed E-state index contributed by atoms with van der Waals surface area (Å²) in [7, 11) is 0. The fraction of sp³-hybridized carbons (Fsp3) is 0.472. The number of anilines is 2. The lowest BCUT2D eigenvalue weighted by Crippen LogP contribution is -2.44. The Morgan fingerprint density at radius 3 is 1.32 bits per heavy atom. The number of hydrogen-bond donors (Lipinski definition) is 1. The van der Waals surface area contributed by atoms with Crippen molar-refractivity contribution in [2.75, 3.05) is 36.0 Å². The quantitative estimate of drug-likeness (QED) is 0.133. The van der Waals surface area contributed by atoms with E-state index < -0.39 is 79.4 Å². The van der Waals surface area contributed by atoms with Crippen LogP contribution in [0.5, 0.6) is 0 Å². The van der Waals surface area contributed by atoms with Gasteiger partial charge in [0.25, 0.3) is 0 Å². The van der Waals surface area contributed by atoms with E-state index >= 15 is 0 Å². The molecule has 26 heteroatoms. The van der Waals surface area contributed by atoms with Gasteiger partial charge in [-0.25, -0.2) is 9.97 Å². The lowest BCUT2D eigenvalue weighted by molar-refractivity contribution is -0.185. The van der Waals surface area contributed by atoms with Gasteiger partial charge in [0, 0.05) is 50.4 Å². The van der Waals surface area contributed by atoms with Gasteiger partial charge in [-0.15, -0.1) is 11.3 Å². The van der Waals surface area contributed by atoms with Crippen molar-refractivity contribution in [3.8, 4) is 0 Å². The molecule has 62 heavy (non-hydrogen) atoms. The van der Waals surface area contributed by atoms with Crippen molar-refractivity contribution in [2.45, 2.75) is 81.1 Å². The summed E-state index contributed by atoms with van der Waals surface area (Å²) in [5.41, 5.74) is -2.25. The molecule has 4 heterocycles. The summed E-state index contributed by atoms with van der Waals surface area (Å²) in [5, 5.41) is -1.11. The standard InChI is InChI=1S/C20H17Cl3F6N2OS.C16H12Cl3F6N3S/c1-2-11(32)3-4-14-16(19(24,25)26)30-17(33-14)31-6-5-18(9-31,20(27,28)29)10-7-12(21)15(23)13(22)8-10;17-8-3-7(4-9(18)11(8)19)14(16(23,24)25)1-2-28(6-14)13-27-12(15(20,21)22)10(5-26)29-13/h7-8H,2-6,9H2,1H3;3-4H,1-2,5-6,26H2. The third kappa shape index (κ3) is 10.3. The first-order valence-corrected chi connectivity index (χ1v) is 21.7. The maximum absolute atomic E-state index is 14.3. The monoisotopic (exact) mass is 1050 g/mol. The molecule has 0 radical (unpaired) electrons. The maximum Gasteiger partial charge on any atom is 0.434 e. The highest BCUT2D eigenvalue weighted by Crippen LogP contribution is 2.53. The topological polar surface area (TPSA) is 75.3 Å². The Morgan fingerprint density at radius 1 is 0.661 bits per heavy atom. The number of nitrogens with zero attached hydrogens (tertiary/aromatic N) is 4. The zero-order valence-corrected chi connectivity index (χ0v) is 37.4. The molecule has 0 amide bonds. The number of ketones is 1. The molecule has 2 atom stereocenters. The van der Waals surface area contributed by atoms with Crippen LogP contribution in [0.3, 0.4) is 0 Å². The molecule has 2 saturated heterocycles. The summed E-state index contributed by atoms with van der Waals surface area (Å²) in [5.74, 6) is -0.216. The molecule has 2 fully saturated rings. The molecule has 2 N–H and O–H groups in total. The van der Waals surface area contributed by atoms with Crippen molar-refractivity contribution >= 4 is 108 Å². The van der Waals surface area contributed by atoms with Crippen molar-refractivity contribution in [1.82, 2.24) is 9.97 Å². The van der Waals surface area contributed by atoms with E-state index in [1.165, 1.54) is 9.80 Å². The van der Waals surface area contributed by atoms with E-state index in [1.807, 2.05) is 0 Å². The van der Waals surface area contributed by atoms with Gasteiger partial charge in [0.05, 0.1) is 35.0 Å². The van der Waals surface area contributed by atoms with Gasteiger partial charge in [-0.2, -0.15) is 52.7 Å². The van der Waals surface area contributed by atoms with E-state index in [-0.39, 0.29) is 99.4 Å². The summed E-state index contributed by atoms with van der Waals surface area (Å²) < 4.78 is 165. The van der Waals surface area contributed by atoms with Gasteiger partial charge in [-0.05, 0) is 54.7 Å². The minimum absolute atomic E-state index is 0.0772. The van der Waals surface area contributed by atoms with Crippen molar-refractivity contribution < 1.29 is 57.5 Å². The summed E-state index contributed by atoms with van der Waals surface area (Å²) in [4.78, 5) is 20.7. The molecule has 2 aromatic heterocycles. The molecule has 6 rings (SSSR count). The van der Waals surface area contributed by atoms with Gasteiger partial charge in [-0.1, -0.05) is 87.9 Å². The van der Waals surface area contributed by atoms with Crippen LogP contribution in [0.25, 0.3) is 0 Å². The second-order valence-electron chi connectivity index (χ2n) is 14.1. The number of carbonyl (C=O) groups is 1. The first-order chi connectivity index (χ1) is 28.5. The Hall–Kier alpha value is -2.17. The Bertz CT molecular complexity index is 2260. The van der Waals surface area contributed by atoms with Crippen LogP contribution >= 0.6 is 92.3 Å². The van der Waals surface area contributed by atoms with Gasteiger partial charge in [0.2, 0.25) is 0 Å². The van der Waals surface area contributed by atoms with Gasteiger partial charge in [-0.3, -0.25) is 4.79 Å². The Kier molecular flexibility index (Phi) is 15.3. The van der Waals surface area contributed by atoms with Crippen LogP contribution in [0.2, 0.25) is 30.1 Å². The number of alkyl halides is 12. The number of carbonyl (C=O) groups excluding carboxylic acids is 1. The van der Waals surface area contributed by atoms with Crippen molar-refractivity contribution in [3.63, 3.8) is 0 Å². The third-order valence-electron chi connectivity index (χ3n) is 10.4. The van der Waals surface area contributed by atoms with Crippen molar-refractivity contribution in [3.05, 3.63) is 86.7 Å². The van der Waals surface area contributed by atoms with Gasteiger partial charge >= 0.3 is 24.7 Å². The molecule has 4 aromatic rings. The number of rotatable bonds is 9. The summed E-state index contributed by atoms with van der Waals surface area (Å²) >= 11 is 36.7. The van der Waals surface area contributed by atoms with Gasteiger partial charge in [0.1, 0.15) is 16.6 Å². The number of benzene rings is 2. The van der Waals surface area contributed by atoms with E-state index in [1.54, 1.807) is 6.92 Å². The number of thiazole rings is 2. The predicted molar refractivity (Wildman–Crippen MR) is 218 cm³/mol. The Morgan fingerprint density at radius 2 is 1.02 bits per heavy atom. The minimum atomic E-state index is -4.79. The fourth-order valence-corrected chi connectivity index (χ4v) is 10.3. The third-order valence-corrected chi connectivity index (χ3v) is 15.1. The molecule has 342 valence electrons. The van der Waals surface area contributed by atoms with Crippen LogP contribution in [-0.2, 0) is 40.9 Å². The van der Waals surface area contributed by atoms with Crippen LogP contribution in [0.4, 0.5) is 62.9 Å². The van der Waals surface area contributed by atoms with E-state index in [2.05, 4.69) is 9.97 Å². The second kappa shape index (κ2) is 18.6. The highest BCUT2D eigenvalue weighted by atomic mass is 35.5. The van der Waals surface area contributed by atoms with Crippen LogP contribution in [0.15, 0.2) is 24.3 Å². The first-order valence-electron chi connectivity index (χ1n) is 17.8. The summed E-state index contributed by atoms with van der Waals surface area (Å²) in [6, 6.07) is 4.33. The first kappa shape index (κ1) is 50.8. The molecule has 0 spiro atoms. The average Bonchev–Trinajstić information content (AvgIpc) is 3.98. The smallest absolute Gasteiger partial charge is 0.347 e. The largest absolute Gasteiger partial charge is 0.434 e. The number of hydrogen-bond acceptors (Lipinski definition) is 8. The molecule has 2 unspecified atom stereocenters. The highest BCUT2D eigenvalue weighted by Gasteiger charge is 2.61. The zero-order chi connectivity index (χ0) is 46.5. The number of Topliss-reactive ketones (excluding diaryl/α,β-unsaturated/α-hetero) is 1. The average molecular weight is 1050 g/mol. The molecular weight excluding hydrogens is 1020 g/mol. The van der Waals surface area contributed by atoms with Crippen LogP contribution in [0, 0.1) is 0 Å². The van der Waals surface area contributed by atoms with E-state index in [9.17, 15) is 57.5 Å². The number of halogens is 18. The molecular formula is C36H29Cl6F12N5OS2. The SMILES string of the molecule is CCC(=O)CCc1sc(N2CCC(c3cc(Cl)c(Cl)c(Cl)c3)(C(F)(F)F)C2)nc1C(F)(F)F.NCc1sc(N2CCC(c3cc(Cl)c(Cl)c(Cl)c3)(C(F)(F)F)C2)nc1C(F)(F)F. The molecule has 0 saturated carbocycles. The Balaban J connectivity index is 0.000000236. The summed E-state index contributed by atoms with van der Waals surface area (Å²) in [6.07, 6.45) is -20.0.